The van der Waals surface area contributed by atoms with Gasteiger partial charge >= 0.3 is 18.2 Å². The summed E-state index contributed by atoms with van der Waals surface area (Å²) in [4.78, 5) is 44.9. The molecule has 0 radical (unpaired) electrons. The van der Waals surface area contributed by atoms with Crippen LogP contribution in [0.5, 0.6) is 0 Å². The monoisotopic (exact) mass is 644 g/mol. The highest BCUT2D eigenvalue weighted by Gasteiger charge is 2.38. The molecule has 3 aromatic heterocycles. The van der Waals surface area contributed by atoms with Gasteiger partial charge in [0.1, 0.15) is 23.1 Å². The van der Waals surface area contributed by atoms with Crippen molar-refractivity contribution in [3.63, 3.8) is 0 Å². The summed E-state index contributed by atoms with van der Waals surface area (Å²) in [5.74, 6) is -2.94. The summed E-state index contributed by atoms with van der Waals surface area (Å²) in [6.45, 7) is 5.04. The predicted molar refractivity (Wildman–Crippen MR) is 164 cm³/mol. The number of carbonyl (C=O) groups is 3. The molecule has 46 heavy (non-hydrogen) atoms. The molecule has 0 spiro atoms. The van der Waals surface area contributed by atoms with Crippen molar-refractivity contribution >= 4 is 52.4 Å². The lowest BCUT2D eigenvalue weighted by atomic mass is 10.2. The maximum atomic E-state index is 13.3. The Hall–Kier alpha value is -6.00. The molecule has 4 aromatic rings. The molecule has 244 valence electrons. The zero-order valence-corrected chi connectivity index (χ0v) is 24.6. The molecule has 0 bridgehead atoms. The number of rotatable bonds is 4. The molecule has 3 amide bonds. The number of anilines is 5. The van der Waals surface area contributed by atoms with Crippen LogP contribution >= 0.6 is 0 Å². The van der Waals surface area contributed by atoms with E-state index in [0.717, 1.165) is 12.3 Å². The van der Waals surface area contributed by atoms with E-state index in [2.05, 4.69) is 25.6 Å². The molecule has 0 aliphatic heterocycles. The topological polar surface area (TPSA) is 211 Å². The van der Waals surface area contributed by atoms with Crippen molar-refractivity contribution in [2.24, 2.45) is 0 Å². The smallest absolute Gasteiger partial charge is 0.471 e. The number of nitrogen functional groups attached to an aromatic ring is 2. The standard InChI is InChI=1S/C12H14F3N3O3.C12H10FN3O.C5H6N3/c1-11(2,3)21-10(20)17-7-4-5-8(16-6-7)18-9(19)12(13,14)15;13-10-4-2-1-3-9(10)12(17)16-11-6-5-8(14)7-15-11;6-4-1-2-5(7)8-3-4/h4-6H,1-3H3,(H,17,20)(H,16,18,19);1-7H,14H2,(H,15,16,17);1-3H,6H2,(H-,7,8)/q;;-1. The average Bonchev–Trinajstić information content (AvgIpc) is 2.96. The molecule has 0 aliphatic carbocycles. The molecular weight excluding hydrogens is 614 g/mol. The van der Waals surface area contributed by atoms with Crippen LogP contribution in [0.2, 0.25) is 0 Å². The van der Waals surface area contributed by atoms with Gasteiger partial charge in [-0.25, -0.2) is 19.2 Å². The number of hydrogen-bond acceptors (Lipinski definition) is 9. The van der Waals surface area contributed by atoms with Crippen LogP contribution < -0.4 is 27.4 Å². The Morgan fingerprint density at radius 2 is 1.33 bits per heavy atom. The van der Waals surface area contributed by atoms with Gasteiger partial charge in [-0.1, -0.05) is 30.2 Å². The lowest BCUT2D eigenvalue weighted by Crippen LogP contribution is -2.30. The number of nitrogens with two attached hydrogens (primary N) is 2. The second-order valence-electron chi connectivity index (χ2n) is 9.90. The zero-order chi connectivity index (χ0) is 34.5. The van der Waals surface area contributed by atoms with Gasteiger partial charge in [-0.3, -0.25) is 14.9 Å². The average molecular weight is 645 g/mol. The van der Waals surface area contributed by atoms with Crippen LogP contribution in [-0.4, -0.2) is 44.6 Å². The van der Waals surface area contributed by atoms with Gasteiger partial charge in [0, 0.05) is 5.69 Å². The number of benzene rings is 1. The van der Waals surface area contributed by atoms with Gasteiger partial charge in [-0.05, 0) is 63.2 Å². The lowest BCUT2D eigenvalue weighted by Gasteiger charge is -2.19. The first-order chi connectivity index (χ1) is 21.4. The molecule has 0 fully saturated rings. The van der Waals surface area contributed by atoms with Crippen molar-refractivity contribution in [2.45, 2.75) is 32.5 Å². The molecule has 8 N–H and O–H groups in total. The minimum Gasteiger partial charge on any atom is -0.482 e. The van der Waals surface area contributed by atoms with Gasteiger partial charge in [-0.15, -0.1) is 0 Å². The molecule has 13 nitrogen and oxygen atoms in total. The minimum atomic E-state index is -4.99. The fraction of sp³-hybridized carbons (Fsp3) is 0.172. The fourth-order valence-corrected chi connectivity index (χ4v) is 2.86. The molecule has 1 aromatic carbocycles. The highest BCUT2D eigenvalue weighted by Crippen LogP contribution is 2.18. The highest BCUT2D eigenvalue weighted by molar-refractivity contribution is 6.04. The Kier molecular flexibility index (Phi) is 12.7. The Labute approximate surface area is 260 Å². The molecule has 0 unspecified atom stereocenters. The van der Waals surface area contributed by atoms with Crippen molar-refractivity contribution in [1.82, 2.24) is 15.0 Å². The van der Waals surface area contributed by atoms with E-state index in [1.807, 2.05) is 0 Å². The van der Waals surface area contributed by atoms with Crippen LogP contribution in [0, 0.1) is 5.82 Å². The number of pyridine rings is 3. The van der Waals surface area contributed by atoms with E-state index in [1.165, 1.54) is 36.7 Å². The highest BCUT2D eigenvalue weighted by atomic mass is 19.4. The Morgan fingerprint density at radius 1 is 0.761 bits per heavy atom. The van der Waals surface area contributed by atoms with Gasteiger partial charge in [0.2, 0.25) is 0 Å². The number of ether oxygens (including phenoxy) is 1. The molecule has 0 saturated heterocycles. The quantitative estimate of drug-likeness (QED) is 0.157. The molecular formula is C29H30F4N9O4-. The van der Waals surface area contributed by atoms with Crippen LogP contribution in [0.4, 0.5) is 56.9 Å². The lowest BCUT2D eigenvalue weighted by molar-refractivity contribution is -0.167. The molecule has 3 heterocycles. The van der Waals surface area contributed by atoms with Gasteiger partial charge in [0.25, 0.3) is 5.91 Å². The van der Waals surface area contributed by atoms with Crippen molar-refractivity contribution in [2.75, 3.05) is 27.4 Å². The van der Waals surface area contributed by atoms with Gasteiger partial charge in [0.15, 0.2) is 0 Å². The summed E-state index contributed by atoms with van der Waals surface area (Å²) in [5.41, 5.74) is 18.3. The van der Waals surface area contributed by atoms with E-state index < -0.39 is 35.5 Å². The Balaban J connectivity index is 0.000000262. The van der Waals surface area contributed by atoms with Crippen molar-refractivity contribution in [1.29, 1.82) is 0 Å². The Bertz CT molecular complexity index is 1570. The third-order valence-electron chi connectivity index (χ3n) is 4.84. The summed E-state index contributed by atoms with van der Waals surface area (Å²) in [6.07, 6.45) is -1.75. The van der Waals surface area contributed by atoms with E-state index in [9.17, 15) is 31.9 Å². The van der Waals surface area contributed by atoms with Crippen molar-refractivity contribution in [3.05, 3.63) is 96.4 Å². The number of amides is 3. The predicted octanol–water partition coefficient (Wildman–Crippen LogP) is 6.33. The summed E-state index contributed by atoms with van der Waals surface area (Å²) in [7, 11) is 0. The number of aromatic nitrogens is 3. The fourth-order valence-electron chi connectivity index (χ4n) is 2.86. The van der Waals surface area contributed by atoms with Crippen LogP contribution in [0.1, 0.15) is 31.1 Å². The van der Waals surface area contributed by atoms with Gasteiger partial charge < -0.3 is 37.6 Å². The van der Waals surface area contributed by atoms with E-state index in [0.29, 0.717) is 17.2 Å². The SMILES string of the molecule is CC(C)(C)OC(=O)Nc1ccc(NC(=O)C(F)(F)F)nc1.Nc1ccc(NC(=O)c2ccccc2F)nc1.[NH-]c1ccc(N)cn1. The third-order valence-corrected chi connectivity index (χ3v) is 4.84. The zero-order valence-electron chi connectivity index (χ0n) is 24.6. The number of hydrogen-bond donors (Lipinski definition) is 5. The van der Waals surface area contributed by atoms with E-state index in [1.54, 1.807) is 56.4 Å². The first-order valence-electron chi connectivity index (χ1n) is 13.0. The maximum absolute atomic E-state index is 13.3. The Morgan fingerprint density at radius 3 is 1.80 bits per heavy atom. The van der Waals surface area contributed by atoms with Crippen LogP contribution in [-0.2, 0) is 9.53 Å². The minimum absolute atomic E-state index is 0.0221. The maximum Gasteiger partial charge on any atom is 0.471 e. The number of nitrogens with one attached hydrogen (secondary N) is 4. The molecule has 17 heteroatoms. The number of nitrogens with zero attached hydrogens (tertiary/aromatic N) is 3. The van der Waals surface area contributed by atoms with Crippen molar-refractivity contribution < 1.29 is 36.7 Å². The summed E-state index contributed by atoms with van der Waals surface area (Å²) >= 11 is 0. The van der Waals surface area contributed by atoms with Crippen molar-refractivity contribution in [3.8, 4) is 0 Å². The third kappa shape index (κ3) is 13.5. The normalized spacial score (nSPS) is 10.6. The largest absolute Gasteiger partial charge is 0.482 e. The summed E-state index contributed by atoms with van der Waals surface area (Å²) in [5, 5.41) is 6.41. The number of carbonyl (C=O) groups excluding carboxylic acids is 3. The van der Waals surface area contributed by atoms with E-state index >= 15 is 0 Å². The van der Waals surface area contributed by atoms with Gasteiger partial charge in [-0.2, -0.15) is 13.2 Å². The number of alkyl halides is 3. The number of halogens is 4. The molecule has 0 aliphatic rings. The van der Waals surface area contributed by atoms with E-state index in [4.69, 9.17) is 21.9 Å². The molecule has 0 atom stereocenters. The second-order valence-corrected chi connectivity index (χ2v) is 9.90. The first kappa shape index (κ1) is 36.2. The second kappa shape index (κ2) is 16.2. The van der Waals surface area contributed by atoms with Gasteiger partial charge in [0.05, 0.1) is 29.3 Å². The van der Waals surface area contributed by atoms with E-state index in [-0.39, 0.29) is 22.9 Å². The van der Waals surface area contributed by atoms with Crippen LogP contribution in [0.15, 0.2) is 79.3 Å². The van der Waals surface area contributed by atoms with Crippen LogP contribution in [0.25, 0.3) is 5.73 Å². The first-order valence-corrected chi connectivity index (χ1v) is 13.0. The summed E-state index contributed by atoms with van der Waals surface area (Å²) in [6, 6.07) is 14.5. The molecule has 0 saturated carbocycles. The molecule has 4 rings (SSSR count). The van der Waals surface area contributed by atoms with Crippen LogP contribution in [0.3, 0.4) is 0 Å². The summed E-state index contributed by atoms with van der Waals surface area (Å²) < 4.78 is 54.4.